The molecule has 86 valence electrons. The summed E-state index contributed by atoms with van der Waals surface area (Å²) in [6.45, 7) is 1.47. The first-order valence-electron chi connectivity index (χ1n) is 4.97. The Morgan fingerprint density at radius 1 is 1.62 bits per heavy atom. The number of pyridine rings is 1. The van der Waals surface area contributed by atoms with Gasteiger partial charge < -0.3 is 15.7 Å². The van der Waals surface area contributed by atoms with Crippen LogP contribution >= 0.6 is 11.6 Å². The highest BCUT2D eigenvalue weighted by atomic mass is 35.5. The zero-order chi connectivity index (χ0) is 11.7. The number of aromatic nitrogens is 1. The van der Waals surface area contributed by atoms with Crippen molar-refractivity contribution in [2.75, 3.05) is 18.0 Å². The first-order chi connectivity index (χ1) is 7.56. The van der Waals surface area contributed by atoms with Gasteiger partial charge in [0.2, 0.25) is 0 Å². The SMILES string of the molecule is NC1CCN(c2cc(C(=O)O)cc(Cl)n2)C1. The van der Waals surface area contributed by atoms with Crippen molar-refractivity contribution in [3.8, 4) is 0 Å². The van der Waals surface area contributed by atoms with E-state index in [1.807, 2.05) is 4.90 Å². The van der Waals surface area contributed by atoms with Crippen LogP contribution < -0.4 is 10.6 Å². The van der Waals surface area contributed by atoms with Crippen molar-refractivity contribution in [2.45, 2.75) is 12.5 Å². The fourth-order valence-corrected chi connectivity index (χ4v) is 1.97. The number of carboxylic acid groups (broad SMARTS) is 1. The molecule has 0 radical (unpaired) electrons. The van der Waals surface area contributed by atoms with E-state index in [9.17, 15) is 4.79 Å². The zero-order valence-electron chi connectivity index (χ0n) is 8.56. The van der Waals surface area contributed by atoms with Crippen LogP contribution in [0.2, 0.25) is 5.15 Å². The molecule has 2 heterocycles. The van der Waals surface area contributed by atoms with Crippen LogP contribution in [-0.2, 0) is 0 Å². The van der Waals surface area contributed by atoms with Gasteiger partial charge in [0.25, 0.3) is 0 Å². The Balaban J connectivity index is 2.30. The van der Waals surface area contributed by atoms with Crippen LogP contribution in [0, 0.1) is 0 Å². The summed E-state index contributed by atoms with van der Waals surface area (Å²) in [5, 5.41) is 9.09. The standard InChI is InChI=1S/C10H12ClN3O2/c11-8-3-6(10(15)16)4-9(13-8)14-2-1-7(12)5-14/h3-4,7H,1-2,5,12H2,(H,15,16). The number of hydrogen-bond acceptors (Lipinski definition) is 4. The largest absolute Gasteiger partial charge is 0.478 e. The zero-order valence-corrected chi connectivity index (χ0v) is 9.31. The van der Waals surface area contributed by atoms with Gasteiger partial charge in [-0.1, -0.05) is 11.6 Å². The van der Waals surface area contributed by atoms with E-state index < -0.39 is 5.97 Å². The predicted octanol–water partition coefficient (Wildman–Crippen LogP) is 0.971. The Morgan fingerprint density at radius 3 is 2.94 bits per heavy atom. The fourth-order valence-electron chi connectivity index (χ4n) is 1.76. The van der Waals surface area contributed by atoms with E-state index in [2.05, 4.69) is 4.98 Å². The van der Waals surface area contributed by atoms with E-state index in [-0.39, 0.29) is 16.8 Å². The topological polar surface area (TPSA) is 79.5 Å². The minimum absolute atomic E-state index is 0.119. The van der Waals surface area contributed by atoms with Crippen LogP contribution in [0.4, 0.5) is 5.82 Å². The van der Waals surface area contributed by atoms with Crippen molar-refractivity contribution in [1.29, 1.82) is 0 Å². The molecule has 1 saturated heterocycles. The molecule has 5 nitrogen and oxygen atoms in total. The van der Waals surface area contributed by atoms with E-state index in [1.54, 1.807) is 0 Å². The molecule has 1 unspecified atom stereocenters. The number of carboxylic acids is 1. The van der Waals surface area contributed by atoms with E-state index in [0.717, 1.165) is 13.0 Å². The lowest BCUT2D eigenvalue weighted by Crippen LogP contribution is -2.27. The predicted molar refractivity (Wildman–Crippen MR) is 61.0 cm³/mol. The van der Waals surface area contributed by atoms with Crippen molar-refractivity contribution in [2.24, 2.45) is 5.73 Å². The van der Waals surface area contributed by atoms with Gasteiger partial charge in [-0.25, -0.2) is 9.78 Å². The van der Waals surface area contributed by atoms with Gasteiger partial charge in [0, 0.05) is 19.1 Å². The fraction of sp³-hybridized carbons (Fsp3) is 0.400. The van der Waals surface area contributed by atoms with Crippen molar-refractivity contribution in [1.82, 2.24) is 4.98 Å². The normalized spacial score (nSPS) is 20.1. The van der Waals surface area contributed by atoms with Crippen LogP contribution in [0.15, 0.2) is 12.1 Å². The maximum absolute atomic E-state index is 10.9. The lowest BCUT2D eigenvalue weighted by molar-refractivity contribution is 0.0697. The molecule has 1 atom stereocenters. The second kappa shape index (κ2) is 4.27. The highest BCUT2D eigenvalue weighted by Crippen LogP contribution is 2.21. The molecule has 1 aromatic rings. The Hall–Kier alpha value is -1.33. The molecule has 3 N–H and O–H groups in total. The number of hydrogen-bond donors (Lipinski definition) is 2. The lowest BCUT2D eigenvalue weighted by Gasteiger charge is -2.17. The number of anilines is 1. The summed E-state index contributed by atoms with van der Waals surface area (Å²) in [5.74, 6) is -0.424. The van der Waals surface area contributed by atoms with Gasteiger partial charge in [0.05, 0.1) is 5.56 Å². The molecule has 1 aliphatic rings. The number of nitrogens with two attached hydrogens (primary N) is 1. The molecule has 0 saturated carbocycles. The average molecular weight is 242 g/mol. The Bertz CT molecular complexity index is 425. The third-order valence-electron chi connectivity index (χ3n) is 2.58. The van der Waals surface area contributed by atoms with Gasteiger partial charge in [0.1, 0.15) is 11.0 Å². The van der Waals surface area contributed by atoms with Crippen LogP contribution in [0.5, 0.6) is 0 Å². The van der Waals surface area contributed by atoms with Gasteiger partial charge in [-0.2, -0.15) is 0 Å². The molecular weight excluding hydrogens is 230 g/mol. The summed E-state index contributed by atoms with van der Waals surface area (Å²) in [6.07, 6.45) is 0.886. The van der Waals surface area contributed by atoms with Crippen molar-refractivity contribution in [3.05, 3.63) is 22.8 Å². The summed E-state index contributed by atoms with van der Waals surface area (Å²) in [7, 11) is 0. The number of carbonyl (C=O) groups is 1. The van der Waals surface area contributed by atoms with Crippen LogP contribution in [0.25, 0.3) is 0 Å². The monoisotopic (exact) mass is 241 g/mol. The van der Waals surface area contributed by atoms with Gasteiger partial charge in [-0.05, 0) is 18.6 Å². The molecule has 1 aromatic heterocycles. The molecule has 0 bridgehead atoms. The summed E-state index contributed by atoms with van der Waals surface area (Å²) >= 11 is 5.78. The van der Waals surface area contributed by atoms with Crippen LogP contribution in [0.3, 0.4) is 0 Å². The van der Waals surface area contributed by atoms with Crippen molar-refractivity contribution in [3.63, 3.8) is 0 Å². The highest BCUT2D eigenvalue weighted by Gasteiger charge is 2.21. The maximum atomic E-state index is 10.9. The van der Waals surface area contributed by atoms with E-state index in [0.29, 0.717) is 12.4 Å². The van der Waals surface area contributed by atoms with E-state index in [1.165, 1.54) is 12.1 Å². The third-order valence-corrected chi connectivity index (χ3v) is 2.77. The molecule has 16 heavy (non-hydrogen) atoms. The number of rotatable bonds is 2. The highest BCUT2D eigenvalue weighted by molar-refractivity contribution is 6.29. The Morgan fingerprint density at radius 2 is 2.38 bits per heavy atom. The van der Waals surface area contributed by atoms with Gasteiger partial charge in [-0.15, -0.1) is 0 Å². The summed E-state index contributed by atoms with van der Waals surface area (Å²) in [6, 6.07) is 2.98. The number of aromatic carboxylic acids is 1. The minimum Gasteiger partial charge on any atom is -0.478 e. The molecule has 2 rings (SSSR count). The first-order valence-corrected chi connectivity index (χ1v) is 5.35. The second-order valence-corrected chi connectivity index (χ2v) is 4.22. The maximum Gasteiger partial charge on any atom is 0.335 e. The minimum atomic E-state index is -1.01. The Labute approximate surface area is 97.8 Å². The smallest absolute Gasteiger partial charge is 0.335 e. The third kappa shape index (κ3) is 2.25. The molecule has 1 fully saturated rings. The molecule has 6 heteroatoms. The van der Waals surface area contributed by atoms with Gasteiger partial charge in [0.15, 0.2) is 0 Å². The van der Waals surface area contributed by atoms with E-state index in [4.69, 9.17) is 22.4 Å². The van der Waals surface area contributed by atoms with Crippen LogP contribution in [-0.4, -0.2) is 35.2 Å². The van der Waals surface area contributed by atoms with Crippen LogP contribution in [0.1, 0.15) is 16.8 Å². The van der Waals surface area contributed by atoms with Crippen molar-refractivity contribution < 1.29 is 9.90 Å². The average Bonchev–Trinajstić information content (AvgIpc) is 2.64. The first kappa shape index (κ1) is 11.2. The van der Waals surface area contributed by atoms with Gasteiger partial charge in [-0.3, -0.25) is 0 Å². The molecule has 0 aromatic carbocycles. The Kier molecular flexibility index (Phi) is 2.98. The molecule has 0 amide bonds. The summed E-state index contributed by atoms with van der Waals surface area (Å²) in [5.41, 5.74) is 5.93. The molecular formula is C10H12ClN3O2. The van der Waals surface area contributed by atoms with Gasteiger partial charge >= 0.3 is 5.97 Å². The molecule has 0 spiro atoms. The number of halogens is 1. The van der Waals surface area contributed by atoms with Crippen molar-refractivity contribution >= 4 is 23.4 Å². The quantitative estimate of drug-likeness (QED) is 0.755. The lowest BCUT2D eigenvalue weighted by atomic mass is 10.2. The van der Waals surface area contributed by atoms with E-state index >= 15 is 0 Å². The molecule has 1 aliphatic heterocycles. The second-order valence-electron chi connectivity index (χ2n) is 3.84. The summed E-state index contributed by atoms with van der Waals surface area (Å²) in [4.78, 5) is 16.9. The number of nitrogens with zero attached hydrogens (tertiary/aromatic N) is 2. The summed E-state index contributed by atoms with van der Waals surface area (Å²) < 4.78 is 0. The molecule has 0 aliphatic carbocycles.